The Morgan fingerprint density at radius 3 is 2.21 bits per heavy atom. The number of nitrogens with zero attached hydrogens (tertiary/aromatic N) is 4. The molecule has 0 fully saturated rings. The van der Waals surface area contributed by atoms with Crippen LogP contribution in [0, 0.1) is 10.8 Å². The molecule has 0 spiro atoms. The maximum atomic E-state index is 14.9. The van der Waals surface area contributed by atoms with Gasteiger partial charge in [0.1, 0.15) is 18.3 Å². The molecular formula is C47H71N7O8. The minimum absolute atomic E-state index is 0.0524. The van der Waals surface area contributed by atoms with E-state index in [9.17, 15) is 19.2 Å². The van der Waals surface area contributed by atoms with E-state index < -0.39 is 22.5 Å². The summed E-state index contributed by atoms with van der Waals surface area (Å²) in [5.41, 5.74) is 2.08. The number of hydrogen-bond acceptors (Lipinski definition) is 11. The van der Waals surface area contributed by atoms with E-state index in [1.807, 2.05) is 90.1 Å². The standard InChI is InChI=1S/C47H71N7O8/c1-12-47(8,60-11)25-29-62-46(6,7)24-27-49-41(56)44(2,3)32-45(4,5)42(57)53-31-33-19-13-14-20-34(33)39-38(35-21-15-16-23-37(35)53)51-52-54(39)28-30-61-43(58)50-26-18-17-22-36(48-9)40(55)59-10/h13-16,19-21,23,36,48H,12,17-18,22,24-32H2,1-11H3,(H,49,56)(H,50,58). The van der Waals surface area contributed by atoms with Crippen LogP contribution in [0.5, 0.6) is 0 Å². The van der Waals surface area contributed by atoms with E-state index in [0.717, 1.165) is 35.2 Å². The second kappa shape index (κ2) is 22.0. The molecule has 342 valence electrons. The van der Waals surface area contributed by atoms with Crippen molar-refractivity contribution in [3.63, 3.8) is 0 Å². The zero-order chi connectivity index (χ0) is 45.7. The second-order valence-corrected chi connectivity index (χ2v) is 18.3. The number of hydrogen-bond donors (Lipinski definition) is 3. The van der Waals surface area contributed by atoms with Gasteiger partial charge in [0, 0.05) is 42.2 Å². The van der Waals surface area contributed by atoms with E-state index >= 15 is 0 Å². The van der Waals surface area contributed by atoms with Gasteiger partial charge >= 0.3 is 12.1 Å². The molecule has 0 saturated carbocycles. The van der Waals surface area contributed by atoms with Crippen LogP contribution in [0.1, 0.15) is 106 Å². The SMILES string of the molecule is CCC(C)(CCOC(C)(C)CCNC(=O)C(C)(C)CC(C)(C)C(=O)N1Cc2ccccc2-c2c(nnn2CCOC(=O)NCCCCC(NC)C(=O)OC)-c2ccccc21)OC. The Kier molecular flexibility index (Phi) is 17.6. The number of benzene rings is 2. The molecule has 0 aliphatic carbocycles. The van der Waals surface area contributed by atoms with Gasteiger partial charge in [-0.3, -0.25) is 14.4 Å². The maximum absolute atomic E-state index is 14.9. The lowest BCUT2D eigenvalue weighted by Crippen LogP contribution is -2.47. The average molecular weight is 862 g/mol. The number of anilines is 1. The number of unbranched alkanes of at least 4 members (excludes halogenated alkanes) is 1. The lowest BCUT2D eigenvalue weighted by atomic mass is 9.73. The molecule has 2 atom stereocenters. The lowest BCUT2D eigenvalue weighted by molar-refractivity contribution is -0.143. The molecule has 1 aliphatic rings. The third-order valence-corrected chi connectivity index (χ3v) is 12.0. The normalized spacial score (nSPS) is 14.3. The van der Waals surface area contributed by atoms with Crippen molar-refractivity contribution in [3.05, 3.63) is 54.1 Å². The first-order valence-corrected chi connectivity index (χ1v) is 21.9. The summed E-state index contributed by atoms with van der Waals surface area (Å²) in [6.07, 6.45) is 4.04. The number of carbonyl (C=O) groups is 4. The number of ether oxygens (including phenoxy) is 4. The predicted octanol–water partition coefficient (Wildman–Crippen LogP) is 7.07. The first-order valence-electron chi connectivity index (χ1n) is 21.9. The zero-order valence-electron chi connectivity index (χ0n) is 38.9. The van der Waals surface area contributed by atoms with Crippen molar-refractivity contribution in [2.24, 2.45) is 10.8 Å². The molecule has 62 heavy (non-hydrogen) atoms. The Bertz CT molecular complexity index is 1970. The van der Waals surface area contributed by atoms with Crippen molar-refractivity contribution in [3.8, 4) is 22.5 Å². The largest absolute Gasteiger partial charge is 0.468 e. The third-order valence-electron chi connectivity index (χ3n) is 12.0. The van der Waals surface area contributed by atoms with Crippen molar-refractivity contribution in [2.45, 2.75) is 131 Å². The first kappa shape index (κ1) is 49.8. The molecule has 3 N–H and O–H groups in total. The minimum atomic E-state index is -0.936. The molecule has 0 bridgehead atoms. The van der Waals surface area contributed by atoms with Gasteiger partial charge in [0.25, 0.3) is 0 Å². The van der Waals surface area contributed by atoms with E-state index in [4.69, 9.17) is 18.9 Å². The van der Waals surface area contributed by atoms with Crippen LogP contribution in [0.15, 0.2) is 48.5 Å². The van der Waals surface area contributed by atoms with Crippen molar-refractivity contribution in [1.82, 2.24) is 30.9 Å². The molecule has 2 aromatic carbocycles. The molecular weight excluding hydrogens is 791 g/mol. The molecule has 1 aliphatic heterocycles. The number of aromatic nitrogens is 3. The van der Waals surface area contributed by atoms with E-state index in [0.29, 0.717) is 63.2 Å². The Morgan fingerprint density at radius 2 is 1.53 bits per heavy atom. The van der Waals surface area contributed by atoms with Gasteiger partial charge in [-0.1, -0.05) is 82.3 Å². The predicted molar refractivity (Wildman–Crippen MR) is 240 cm³/mol. The van der Waals surface area contributed by atoms with Crippen LogP contribution in [0.3, 0.4) is 0 Å². The fraction of sp³-hybridized carbons (Fsp3) is 0.617. The zero-order valence-corrected chi connectivity index (χ0v) is 38.9. The summed E-state index contributed by atoms with van der Waals surface area (Å²) in [6, 6.07) is 15.1. The molecule has 0 saturated heterocycles. The number of alkyl carbamates (subject to hydrolysis) is 1. The number of amides is 3. The summed E-state index contributed by atoms with van der Waals surface area (Å²) in [6.45, 7) is 17.8. The topological polar surface area (TPSA) is 175 Å². The highest BCUT2D eigenvalue weighted by Crippen LogP contribution is 2.44. The summed E-state index contributed by atoms with van der Waals surface area (Å²) in [7, 11) is 4.80. The van der Waals surface area contributed by atoms with Gasteiger partial charge < -0.3 is 39.8 Å². The number of likely N-dealkylation sites (N-methyl/N-ethyl adjacent to an activating group) is 1. The van der Waals surface area contributed by atoms with Gasteiger partial charge in [-0.05, 0) is 84.4 Å². The van der Waals surface area contributed by atoms with Crippen LogP contribution in [0.2, 0.25) is 0 Å². The molecule has 0 radical (unpaired) electrons. The molecule has 15 nitrogen and oxygen atoms in total. The Balaban J connectivity index is 1.43. The highest BCUT2D eigenvalue weighted by molar-refractivity contribution is 6.02. The first-order chi connectivity index (χ1) is 29.3. The molecule has 4 rings (SSSR count). The molecule has 15 heteroatoms. The number of methoxy groups -OCH3 is 2. The smallest absolute Gasteiger partial charge is 0.407 e. The van der Waals surface area contributed by atoms with Crippen LogP contribution < -0.4 is 20.9 Å². The van der Waals surface area contributed by atoms with Crippen molar-refractivity contribution in [2.75, 3.05) is 52.5 Å². The Hall–Kier alpha value is -4.86. The number of esters is 1. The van der Waals surface area contributed by atoms with E-state index in [2.05, 4.69) is 40.1 Å². The van der Waals surface area contributed by atoms with Gasteiger partial charge in [-0.25, -0.2) is 9.48 Å². The van der Waals surface area contributed by atoms with Crippen LogP contribution >= 0.6 is 0 Å². The summed E-state index contributed by atoms with van der Waals surface area (Å²) < 4.78 is 23.9. The lowest BCUT2D eigenvalue weighted by Gasteiger charge is -2.38. The second-order valence-electron chi connectivity index (χ2n) is 18.3. The Labute approximate surface area is 368 Å². The van der Waals surface area contributed by atoms with Crippen molar-refractivity contribution < 1.29 is 38.1 Å². The number of rotatable bonds is 23. The summed E-state index contributed by atoms with van der Waals surface area (Å²) in [4.78, 5) is 54.8. The molecule has 3 amide bonds. The summed E-state index contributed by atoms with van der Waals surface area (Å²) >= 11 is 0. The number of carbonyl (C=O) groups excluding carboxylic acids is 4. The molecule has 3 aromatic rings. The highest BCUT2D eigenvalue weighted by Gasteiger charge is 2.42. The highest BCUT2D eigenvalue weighted by atomic mass is 16.5. The molecule has 2 unspecified atom stereocenters. The monoisotopic (exact) mass is 862 g/mol. The van der Waals surface area contributed by atoms with Crippen LogP contribution in [0.4, 0.5) is 10.5 Å². The maximum Gasteiger partial charge on any atom is 0.407 e. The van der Waals surface area contributed by atoms with Gasteiger partial charge in [0.15, 0.2) is 0 Å². The minimum Gasteiger partial charge on any atom is -0.468 e. The van der Waals surface area contributed by atoms with Crippen LogP contribution in [-0.2, 0) is 46.4 Å². The fourth-order valence-corrected chi connectivity index (χ4v) is 8.00. The number of para-hydroxylation sites is 1. The third kappa shape index (κ3) is 13.1. The van der Waals surface area contributed by atoms with Crippen LogP contribution in [-0.4, -0.2) is 104 Å². The van der Waals surface area contributed by atoms with Gasteiger partial charge in [-0.15, -0.1) is 5.10 Å². The van der Waals surface area contributed by atoms with Crippen LogP contribution in [0.25, 0.3) is 22.5 Å². The number of nitrogens with one attached hydrogen (secondary N) is 3. The summed E-state index contributed by atoms with van der Waals surface area (Å²) in [5.74, 6) is -0.554. The average Bonchev–Trinajstić information content (AvgIpc) is 3.65. The van der Waals surface area contributed by atoms with E-state index in [1.165, 1.54) is 7.11 Å². The summed E-state index contributed by atoms with van der Waals surface area (Å²) in [5, 5.41) is 18.0. The molecule has 2 heterocycles. The fourth-order valence-electron chi connectivity index (χ4n) is 8.00. The van der Waals surface area contributed by atoms with E-state index in [-0.39, 0.29) is 49.1 Å². The van der Waals surface area contributed by atoms with Gasteiger partial charge in [0.2, 0.25) is 11.8 Å². The quantitative estimate of drug-likeness (QED) is 0.0658. The van der Waals surface area contributed by atoms with Gasteiger partial charge in [0.05, 0.1) is 49.4 Å². The van der Waals surface area contributed by atoms with Crippen molar-refractivity contribution in [1.29, 1.82) is 0 Å². The molecule has 1 aromatic heterocycles. The van der Waals surface area contributed by atoms with Crippen molar-refractivity contribution >= 4 is 29.6 Å². The van der Waals surface area contributed by atoms with Gasteiger partial charge in [-0.2, -0.15) is 0 Å². The number of fused-ring (bicyclic) bond motifs is 5. The Morgan fingerprint density at radius 1 is 0.839 bits per heavy atom. The van der Waals surface area contributed by atoms with E-state index in [1.54, 1.807) is 23.7 Å².